The van der Waals surface area contributed by atoms with Gasteiger partial charge in [-0.1, -0.05) is 27.7 Å². The molecule has 1 aliphatic rings. The molecule has 1 fully saturated rings. The third-order valence-electron chi connectivity index (χ3n) is 4.72. The highest BCUT2D eigenvalue weighted by molar-refractivity contribution is 5.73. The molecule has 0 aromatic carbocycles. The molecular formula is C17H34N2O2. The van der Waals surface area contributed by atoms with Crippen molar-refractivity contribution in [2.75, 3.05) is 26.2 Å². The average molecular weight is 298 g/mol. The van der Waals surface area contributed by atoms with E-state index in [1.807, 2.05) is 0 Å². The third-order valence-corrected chi connectivity index (χ3v) is 4.72. The minimum atomic E-state index is -0.717. The molecule has 0 saturated carbocycles. The molecule has 4 heteroatoms. The zero-order valence-electron chi connectivity index (χ0n) is 14.3. The lowest BCUT2D eigenvalue weighted by atomic mass is 9.77. The molecule has 0 spiro atoms. The van der Waals surface area contributed by atoms with E-state index in [1.165, 1.54) is 19.3 Å². The Balaban J connectivity index is 2.39. The number of carbonyl (C=O) groups is 1. The summed E-state index contributed by atoms with van der Waals surface area (Å²) in [6.07, 6.45) is 5.46. The van der Waals surface area contributed by atoms with Gasteiger partial charge in [0.25, 0.3) is 0 Å². The second kappa shape index (κ2) is 8.74. The minimum Gasteiger partial charge on any atom is -0.480 e. The maximum absolute atomic E-state index is 11.2. The second-order valence-corrected chi connectivity index (χ2v) is 7.47. The lowest BCUT2D eigenvalue weighted by Gasteiger charge is -2.30. The van der Waals surface area contributed by atoms with Gasteiger partial charge in [-0.15, -0.1) is 0 Å². The lowest BCUT2D eigenvalue weighted by molar-refractivity contribution is -0.139. The SMILES string of the molecule is CCCNC(CCN1CCCC(C(C)(C)C)CC1)C(=O)O. The van der Waals surface area contributed by atoms with Gasteiger partial charge in [0.05, 0.1) is 0 Å². The number of rotatable bonds is 7. The molecule has 0 bridgehead atoms. The van der Waals surface area contributed by atoms with Gasteiger partial charge >= 0.3 is 5.97 Å². The highest BCUT2D eigenvalue weighted by Gasteiger charge is 2.27. The summed E-state index contributed by atoms with van der Waals surface area (Å²) < 4.78 is 0. The van der Waals surface area contributed by atoms with Crippen LogP contribution in [0.4, 0.5) is 0 Å². The van der Waals surface area contributed by atoms with Crippen molar-refractivity contribution in [1.29, 1.82) is 0 Å². The van der Waals surface area contributed by atoms with Crippen LogP contribution in [0.15, 0.2) is 0 Å². The van der Waals surface area contributed by atoms with Gasteiger partial charge in [0.1, 0.15) is 6.04 Å². The fourth-order valence-corrected chi connectivity index (χ4v) is 3.19. The number of aliphatic carboxylic acids is 1. The summed E-state index contributed by atoms with van der Waals surface area (Å²) >= 11 is 0. The molecule has 1 aliphatic heterocycles. The second-order valence-electron chi connectivity index (χ2n) is 7.47. The Kier molecular flexibility index (Phi) is 7.67. The molecular weight excluding hydrogens is 264 g/mol. The fraction of sp³-hybridized carbons (Fsp3) is 0.941. The molecule has 4 nitrogen and oxygen atoms in total. The van der Waals surface area contributed by atoms with E-state index < -0.39 is 12.0 Å². The molecule has 2 N–H and O–H groups in total. The van der Waals surface area contributed by atoms with Crippen molar-refractivity contribution in [2.45, 2.75) is 65.8 Å². The minimum absolute atomic E-state index is 0.391. The van der Waals surface area contributed by atoms with E-state index in [4.69, 9.17) is 0 Å². The van der Waals surface area contributed by atoms with Gasteiger partial charge in [-0.05, 0) is 63.1 Å². The summed E-state index contributed by atoms with van der Waals surface area (Å²) in [6, 6.07) is -0.397. The molecule has 2 atom stereocenters. The van der Waals surface area contributed by atoms with E-state index >= 15 is 0 Å². The standard InChI is InChI=1S/C17H34N2O2/c1-5-10-18-15(16(20)21)9-13-19-11-6-7-14(8-12-19)17(2,3)4/h14-15,18H,5-13H2,1-4H3,(H,20,21). The Labute approximate surface area is 130 Å². The van der Waals surface area contributed by atoms with E-state index in [9.17, 15) is 9.90 Å². The smallest absolute Gasteiger partial charge is 0.320 e. The molecule has 21 heavy (non-hydrogen) atoms. The molecule has 1 rings (SSSR count). The Morgan fingerprint density at radius 3 is 2.62 bits per heavy atom. The van der Waals surface area contributed by atoms with Crippen LogP contribution >= 0.6 is 0 Å². The highest BCUT2D eigenvalue weighted by Crippen LogP contribution is 2.34. The van der Waals surface area contributed by atoms with Crippen molar-refractivity contribution < 1.29 is 9.90 Å². The molecule has 0 aromatic rings. The maximum Gasteiger partial charge on any atom is 0.320 e. The first-order chi connectivity index (χ1) is 9.84. The first-order valence-corrected chi connectivity index (χ1v) is 8.53. The molecule has 1 saturated heterocycles. The first kappa shape index (κ1) is 18.4. The predicted molar refractivity (Wildman–Crippen MR) is 87.6 cm³/mol. The van der Waals surface area contributed by atoms with Crippen LogP contribution in [0.1, 0.15) is 59.8 Å². The zero-order chi connectivity index (χ0) is 15.9. The Morgan fingerprint density at radius 2 is 2.05 bits per heavy atom. The van der Waals surface area contributed by atoms with Gasteiger partial charge in [0.15, 0.2) is 0 Å². The molecule has 0 aromatic heterocycles. The van der Waals surface area contributed by atoms with Gasteiger partial charge in [0, 0.05) is 6.54 Å². The quantitative estimate of drug-likeness (QED) is 0.759. The number of likely N-dealkylation sites (tertiary alicyclic amines) is 1. The molecule has 2 unspecified atom stereocenters. The molecule has 0 aliphatic carbocycles. The van der Waals surface area contributed by atoms with Crippen LogP contribution in [0.5, 0.6) is 0 Å². The van der Waals surface area contributed by atoms with Crippen LogP contribution in [-0.2, 0) is 4.79 Å². The molecule has 1 heterocycles. The zero-order valence-corrected chi connectivity index (χ0v) is 14.3. The van der Waals surface area contributed by atoms with E-state index in [2.05, 4.69) is 37.9 Å². The molecule has 124 valence electrons. The monoisotopic (exact) mass is 298 g/mol. The van der Waals surface area contributed by atoms with Crippen LogP contribution in [0.25, 0.3) is 0 Å². The van der Waals surface area contributed by atoms with E-state index in [0.29, 0.717) is 11.8 Å². The highest BCUT2D eigenvalue weighted by atomic mass is 16.4. The molecule has 0 amide bonds. The summed E-state index contributed by atoms with van der Waals surface area (Å²) in [6.45, 7) is 13.0. The van der Waals surface area contributed by atoms with E-state index in [0.717, 1.165) is 38.5 Å². The largest absolute Gasteiger partial charge is 0.480 e. The van der Waals surface area contributed by atoms with Crippen LogP contribution in [-0.4, -0.2) is 48.2 Å². The molecule has 0 radical (unpaired) electrons. The maximum atomic E-state index is 11.2. The third kappa shape index (κ3) is 6.79. The van der Waals surface area contributed by atoms with Crippen molar-refractivity contribution in [2.24, 2.45) is 11.3 Å². The Morgan fingerprint density at radius 1 is 1.33 bits per heavy atom. The van der Waals surface area contributed by atoms with Gasteiger partial charge in [-0.25, -0.2) is 0 Å². The summed E-state index contributed by atoms with van der Waals surface area (Å²) in [4.78, 5) is 13.7. The van der Waals surface area contributed by atoms with Gasteiger partial charge in [-0.3, -0.25) is 4.79 Å². The number of carboxylic acid groups (broad SMARTS) is 1. The van der Waals surface area contributed by atoms with Gasteiger partial charge in [-0.2, -0.15) is 0 Å². The first-order valence-electron chi connectivity index (χ1n) is 8.53. The van der Waals surface area contributed by atoms with Crippen molar-refractivity contribution in [3.8, 4) is 0 Å². The summed E-state index contributed by atoms with van der Waals surface area (Å²) in [7, 11) is 0. The Hall–Kier alpha value is -0.610. The average Bonchev–Trinajstić information content (AvgIpc) is 2.63. The summed E-state index contributed by atoms with van der Waals surface area (Å²) in [5, 5.41) is 12.4. The van der Waals surface area contributed by atoms with Crippen LogP contribution < -0.4 is 5.32 Å². The van der Waals surface area contributed by atoms with Crippen molar-refractivity contribution in [1.82, 2.24) is 10.2 Å². The van der Waals surface area contributed by atoms with Crippen molar-refractivity contribution in [3.05, 3.63) is 0 Å². The van der Waals surface area contributed by atoms with Crippen LogP contribution in [0, 0.1) is 11.3 Å². The number of carboxylic acids is 1. The van der Waals surface area contributed by atoms with E-state index in [1.54, 1.807) is 0 Å². The normalized spacial score (nSPS) is 22.8. The number of nitrogens with zero attached hydrogens (tertiary/aromatic N) is 1. The summed E-state index contributed by atoms with van der Waals surface area (Å²) in [5.41, 5.74) is 0.391. The predicted octanol–water partition coefficient (Wildman–Crippen LogP) is 2.98. The summed E-state index contributed by atoms with van der Waals surface area (Å²) in [5.74, 6) is 0.0711. The number of hydrogen-bond donors (Lipinski definition) is 2. The van der Waals surface area contributed by atoms with E-state index in [-0.39, 0.29) is 0 Å². The van der Waals surface area contributed by atoms with Crippen molar-refractivity contribution in [3.63, 3.8) is 0 Å². The Bertz CT molecular complexity index is 312. The van der Waals surface area contributed by atoms with Crippen molar-refractivity contribution >= 4 is 5.97 Å². The van der Waals surface area contributed by atoms with Gasteiger partial charge in [0.2, 0.25) is 0 Å². The number of nitrogens with one attached hydrogen (secondary N) is 1. The number of hydrogen-bond acceptors (Lipinski definition) is 3. The topological polar surface area (TPSA) is 52.6 Å². The van der Waals surface area contributed by atoms with Gasteiger partial charge < -0.3 is 15.3 Å². The lowest BCUT2D eigenvalue weighted by Crippen LogP contribution is -2.40. The van der Waals surface area contributed by atoms with Crippen LogP contribution in [0.2, 0.25) is 0 Å². The van der Waals surface area contributed by atoms with Crippen LogP contribution in [0.3, 0.4) is 0 Å². The fourth-order valence-electron chi connectivity index (χ4n) is 3.19.